The molecule has 8 rings (SSSR count). The number of rotatable bonds is 16. The predicted molar refractivity (Wildman–Crippen MR) is 251 cm³/mol. The first-order valence-corrected chi connectivity index (χ1v) is 24.6. The number of hydrogen-bond acceptors (Lipinski definition) is 13. The molecular formula is C46H47ClFN7O12S2. The van der Waals surface area contributed by atoms with Crippen molar-refractivity contribution in [1.82, 2.24) is 19.4 Å². The van der Waals surface area contributed by atoms with Gasteiger partial charge >= 0.3 is 11.9 Å². The van der Waals surface area contributed by atoms with Gasteiger partial charge in [0.2, 0.25) is 33.7 Å². The molecule has 69 heavy (non-hydrogen) atoms. The number of benzene rings is 3. The fourth-order valence-electron chi connectivity index (χ4n) is 9.16. The number of halogens is 2. The van der Waals surface area contributed by atoms with Crippen LogP contribution < -0.4 is 26.0 Å². The van der Waals surface area contributed by atoms with Gasteiger partial charge in [-0.1, -0.05) is 35.9 Å². The first kappa shape index (κ1) is 48.8. The van der Waals surface area contributed by atoms with Gasteiger partial charge in [0.05, 0.1) is 28.8 Å². The molecule has 5 heterocycles. The maximum atomic E-state index is 15.1. The maximum Gasteiger partial charge on any atom is 0.349 e. The van der Waals surface area contributed by atoms with Gasteiger partial charge < -0.3 is 40.7 Å². The highest BCUT2D eigenvalue weighted by atomic mass is 35.5. The molecular weight excluding hydrogens is 961 g/mol. The SMILES string of the molecule is CC1(C)C[C@@H](Nc2cccc(-c3sc(C(=O)O)c(OCC(=O)O)c3Cl)c2)CCN1S(=O)(=O)Cc1ccc(F)c(NC(=O)C2CN(C(=O)CNc3cccc4c3CN(C3CCC(=O)NC3=O)C4=O)C2)c1. The molecule has 6 N–H and O–H groups in total. The van der Waals surface area contributed by atoms with E-state index in [0.29, 0.717) is 45.8 Å². The highest BCUT2D eigenvalue weighted by Crippen LogP contribution is 2.46. The number of nitrogens with one attached hydrogen (secondary N) is 4. The van der Waals surface area contributed by atoms with E-state index in [0.717, 1.165) is 17.4 Å². The number of carbonyl (C=O) groups is 7. The van der Waals surface area contributed by atoms with E-state index >= 15 is 4.39 Å². The molecule has 0 spiro atoms. The third-order valence-electron chi connectivity index (χ3n) is 12.5. The first-order valence-electron chi connectivity index (χ1n) is 21.8. The number of ether oxygens (including phenoxy) is 1. The largest absolute Gasteiger partial charge is 0.479 e. The van der Waals surface area contributed by atoms with E-state index < -0.39 is 69.5 Å². The van der Waals surface area contributed by atoms with E-state index in [1.54, 1.807) is 56.3 Å². The Hall–Kier alpha value is -6.62. The number of carbonyl (C=O) groups excluding carboxylic acids is 5. The van der Waals surface area contributed by atoms with Gasteiger partial charge in [-0.3, -0.25) is 29.3 Å². The lowest BCUT2D eigenvalue weighted by Crippen LogP contribution is -2.55. The Balaban J connectivity index is 0.829. The number of sulfonamides is 1. The number of aliphatic carboxylic acids is 1. The van der Waals surface area contributed by atoms with Crippen LogP contribution in [0.5, 0.6) is 5.75 Å². The molecule has 4 aromatic rings. The summed E-state index contributed by atoms with van der Waals surface area (Å²) in [6.45, 7) is 3.08. The van der Waals surface area contributed by atoms with E-state index in [1.807, 2.05) is 0 Å². The Bertz CT molecular complexity index is 2910. The number of aromatic carboxylic acids is 1. The normalized spacial score (nSPS) is 19.3. The Morgan fingerprint density at radius 1 is 1.00 bits per heavy atom. The molecule has 0 radical (unpaired) electrons. The standard InChI is InChI=1S/C46H47ClFN7O12S2/c1-46(2)17-28(50-27-6-3-5-25(16-27)40-38(47)39(67-22-37(58)59)41(68-40)45(63)64)13-14-55(46)69(65,66)23-24-9-10-31(48)33(15-24)51-42(60)26-19-53(20-26)36(57)18-49-32-8-4-7-29-30(32)21-54(44(29)62)34-11-12-35(56)52-43(34)61/h3-10,15-16,26,28,34,49-50H,11-14,17-23H2,1-2H3,(H,51,60)(H,58,59)(H,63,64)(H,52,56,61)/t28-,34?/m0/s1. The minimum absolute atomic E-state index is 0.0337. The molecule has 3 fully saturated rings. The van der Waals surface area contributed by atoms with Crippen LogP contribution in [-0.2, 0) is 46.3 Å². The number of thiophene rings is 1. The van der Waals surface area contributed by atoms with Crippen molar-refractivity contribution in [2.24, 2.45) is 5.92 Å². The zero-order chi connectivity index (χ0) is 49.5. The summed E-state index contributed by atoms with van der Waals surface area (Å²) in [7, 11) is -3.97. The molecule has 3 saturated heterocycles. The smallest absolute Gasteiger partial charge is 0.349 e. The number of nitrogens with zero attached hydrogens (tertiary/aromatic N) is 3. The molecule has 364 valence electrons. The highest BCUT2D eigenvalue weighted by molar-refractivity contribution is 7.88. The zero-order valence-electron chi connectivity index (χ0n) is 37.2. The number of fused-ring (bicyclic) bond motifs is 1. The Morgan fingerprint density at radius 3 is 2.46 bits per heavy atom. The molecule has 3 aromatic carbocycles. The summed E-state index contributed by atoms with van der Waals surface area (Å²) in [6.07, 6.45) is 1.15. The Morgan fingerprint density at radius 2 is 1.75 bits per heavy atom. The fourth-order valence-corrected chi connectivity index (χ4v) is 12.5. The molecule has 1 aromatic heterocycles. The Kier molecular flexibility index (Phi) is 13.7. The summed E-state index contributed by atoms with van der Waals surface area (Å²) >= 11 is 7.35. The predicted octanol–water partition coefficient (Wildman–Crippen LogP) is 4.82. The monoisotopic (exact) mass is 1010 g/mol. The topological polar surface area (TPSA) is 261 Å². The number of piperidine rings is 2. The van der Waals surface area contributed by atoms with Crippen LogP contribution >= 0.6 is 22.9 Å². The molecule has 5 amide bonds. The van der Waals surface area contributed by atoms with E-state index in [-0.39, 0.29) is 96.2 Å². The van der Waals surface area contributed by atoms with Crippen LogP contribution in [0.25, 0.3) is 10.4 Å². The van der Waals surface area contributed by atoms with Crippen molar-refractivity contribution in [3.63, 3.8) is 0 Å². The van der Waals surface area contributed by atoms with Crippen LogP contribution in [0.4, 0.5) is 21.5 Å². The van der Waals surface area contributed by atoms with Crippen molar-refractivity contribution in [3.05, 3.63) is 93.1 Å². The number of hydrogen-bond donors (Lipinski definition) is 6. The van der Waals surface area contributed by atoms with Gasteiger partial charge in [-0.05, 0) is 80.6 Å². The second kappa shape index (κ2) is 19.4. The molecule has 4 aliphatic rings. The van der Waals surface area contributed by atoms with E-state index in [4.69, 9.17) is 21.4 Å². The van der Waals surface area contributed by atoms with Gasteiger partial charge in [0, 0.05) is 66.7 Å². The molecule has 0 saturated carbocycles. The van der Waals surface area contributed by atoms with Crippen molar-refractivity contribution in [1.29, 1.82) is 0 Å². The highest BCUT2D eigenvalue weighted by Gasteiger charge is 2.43. The lowest BCUT2D eigenvalue weighted by Gasteiger charge is -2.45. The van der Waals surface area contributed by atoms with Crippen molar-refractivity contribution in [2.75, 3.05) is 48.7 Å². The second-order valence-electron chi connectivity index (χ2n) is 17.8. The van der Waals surface area contributed by atoms with Gasteiger partial charge in [0.15, 0.2) is 17.2 Å². The summed E-state index contributed by atoms with van der Waals surface area (Å²) in [5, 5.41) is 30.0. The van der Waals surface area contributed by atoms with Crippen molar-refractivity contribution in [3.8, 4) is 16.2 Å². The lowest BCUT2D eigenvalue weighted by atomic mass is 9.89. The average Bonchev–Trinajstić information content (AvgIpc) is 3.78. The second-order valence-corrected chi connectivity index (χ2v) is 21.1. The summed E-state index contributed by atoms with van der Waals surface area (Å²) in [4.78, 5) is 89.6. The van der Waals surface area contributed by atoms with Crippen LogP contribution in [0.1, 0.15) is 70.7 Å². The molecule has 0 bridgehead atoms. The first-order chi connectivity index (χ1) is 32.7. The van der Waals surface area contributed by atoms with Gasteiger partial charge in [-0.25, -0.2) is 22.4 Å². The molecule has 4 aliphatic heterocycles. The Labute approximate surface area is 404 Å². The number of carboxylic acid groups (broad SMARTS) is 2. The van der Waals surface area contributed by atoms with Gasteiger partial charge in [-0.15, -0.1) is 11.3 Å². The maximum absolute atomic E-state index is 15.1. The van der Waals surface area contributed by atoms with Crippen molar-refractivity contribution >= 4 is 91.5 Å². The molecule has 0 aliphatic carbocycles. The summed E-state index contributed by atoms with van der Waals surface area (Å²) < 4.78 is 49.6. The van der Waals surface area contributed by atoms with Crippen LogP contribution in [0, 0.1) is 11.7 Å². The number of carboxylic acids is 2. The number of imide groups is 1. The van der Waals surface area contributed by atoms with Crippen LogP contribution in [0.3, 0.4) is 0 Å². The van der Waals surface area contributed by atoms with Crippen LogP contribution in [0.15, 0.2) is 60.7 Å². The third-order valence-corrected chi connectivity index (χ3v) is 16.3. The van der Waals surface area contributed by atoms with Crippen LogP contribution in [0.2, 0.25) is 5.02 Å². The quantitative estimate of drug-likeness (QED) is 0.0823. The molecule has 2 atom stereocenters. The van der Waals surface area contributed by atoms with E-state index in [9.17, 15) is 47.1 Å². The average molecular weight is 1010 g/mol. The summed E-state index contributed by atoms with van der Waals surface area (Å²) in [5.41, 5.74) is 1.94. The van der Waals surface area contributed by atoms with E-state index in [1.165, 1.54) is 26.2 Å². The number of amides is 5. The molecule has 1 unspecified atom stereocenters. The fraction of sp³-hybridized carbons (Fsp3) is 0.370. The molecule has 23 heteroatoms. The lowest BCUT2D eigenvalue weighted by molar-refractivity contribution is -0.140. The van der Waals surface area contributed by atoms with Crippen molar-refractivity contribution < 1.29 is 61.3 Å². The zero-order valence-corrected chi connectivity index (χ0v) is 39.6. The minimum Gasteiger partial charge on any atom is -0.479 e. The van der Waals surface area contributed by atoms with Crippen molar-refractivity contribution in [2.45, 2.75) is 69.5 Å². The molecule has 19 nitrogen and oxygen atoms in total. The minimum atomic E-state index is -3.97. The summed E-state index contributed by atoms with van der Waals surface area (Å²) in [5.74, 6) is -6.88. The summed E-state index contributed by atoms with van der Waals surface area (Å²) in [6, 6.07) is 14.8. The number of anilines is 3. The van der Waals surface area contributed by atoms with Gasteiger partial charge in [-0.2, -0.15) is 4.31 Å². The van der Waals surface area contributed by atoms with E-state index in [2.05, 4.69) is 21.3 Å². The van der Waals surface area contributed by atoms with Gasteiger partial charge in [0.25, 0.3) is 5.91 Å². The van der Waals surface area contributed by atoms with Gasteiger partial charge in [0.1, 0.15) is 16.9 Å². The number of likely N-dealkylation sites (tertiary alicyclic amines) is 1. The van der Waals surface area contributed by atoms with Crippen LogP contribution in [-0.4, -0.2) is 125 Å². The third kappa shape index (κ3) is 10.4.